The van der Waals surface area contributed by atoms with Gasteiger partial charge in [0.05, 0.1) is 4.92 Å². The number of nitrogens with one attached hydrogen (secondary N) is 1. The quantitative estimate of drug-likeness (QED) is 0.502. The Labute approximate surface area is 109 Å². The first-order valence-corrected chi connectivity index (χ1v) is 5.75. The number of hydrogen-bond acceptors (Lipinski definition) is 6. The number of aromatic carboxylic acids is 1. The van der Waals surface area contributed by atoms with Gasteiger partial charge in [0.25, 0.3) is 0 Å². The highest BCUT2D eigenvalue weighted by molar-refractivity contribution is 5.86. The fraction of sp³-hybridized carbons (Fsp3) is 0.455. The molecule has 8 heteroatoms. The van der Waals surface area contributed by atoms with E-state index in [1.165, 1.54) is 0 Å². The van der Waals surface area contributed by atoms with Crippen molar-refractivity contribution in [2.75, 3.05) is 11.9 Å². The summed E-state index contributed by atoms with van der Waals surface area (Å²) < 4.78 is 0. The maximum atomic E-state index is 10.9. The van der Waals surface area contributed by atoms with Gasteiger partial charge in [0.15, 0.2) is 5.69 Å². The zero-order valence-corrected chi connectivity index (χ0v) is 10.4. The molecule has 1 rings (SSSR count). The Bertz CT molecular complexity index is 477. The number of aromatic nitrogens is 1. The Balaban J connectivity index is 3.09. The summed E-state index contributed by atoms with van der Waals surface area (Å²) >= 11 is 0. The zero-order chi connectivity index (χ0) is 14.4. The third-order valence-corrected chi connectivity index (χ3v) is 2.60. The molecule has 1 aromatic heterocycles. The number of anilines is 1. The Morgan fingerprint density at radius 2 is 2.26 bits per heavy atom. The third-order valence-electron chi connectivity index (χ3n) is 2.60. The molecule has 0 aromatic carbocycles. The van der Waals surface area contributed by atoms with E-state index in [1.54, 1.807) is 0 Å². The first-order valence-electron chi connectivity index (χ1n) is 5.75. The topological polar surface area (TPSA) is 126 Å². The van der Waals surface area contributed by atoms with E-state index in [0.29, 0.717) is 12.8 Å². The highest BCUT2D eigenvalue weighted by Gasteiger charge is 2.20. The van der Waals surface area contributed by atoms with Gasteiger partial charge in [-0.1, -0.05) is 6.92 Å². The van der Waals surface area contributed by atoms with Crippen LogP contribution in [0.2, 0.25) is 0 Å². The second-order valence-electron chi connectivity index (χ2n) is 3.89. The number of hydrogen-bond donors (Lipinski definition) is 3. The summed E-state index contributed by atoms with van der Waals surface area (Å²) in [6, 6.07) is 1.98. The molecule has 0 radical (unpaired) electrons. The van der Waals surface area contributed by atoms with E-state index < -0.39 is 10.9 Å². The number of nitrogens with zero attached hydrogens (tertiary/aromatic N) is 2. The molecule has 0 spiro atoms. The van der Waals surface area contributed by atoms with Crippen LogP contribution >= 0.6 is 0 Å². The van der Waals surface area contributed by atoms with Gasteiger partial charge in [-0.3, -0.25) is 10.1 Å². The molecule has 0 aliphatic rings. The fourth-order valence-electron chi connectivity index (χ4n) is 1.55. The number of aliphatic hydroxyl groups is 1. The molecule has 0 amide bonds. The Morgan fingerprint density at radius 1 is 1.58 bits per heavy atom. The summed E-state index contributed by atoms with van der Waals surface area (Å²) in [6.45, 7) is 1.78. The molecule has 0 saturated carbocycles. The molecule has 8 nitrogen and oxygen atoms in total. The normalized spacial score (nSPS) is 11.9. The molecule has 0 aliphatic carbocycles. The average molecular weight is 269 g/mol. The SMILES string of the molecule is CCC(CCO)Nc1nc(C(=O)O)ccc1[N+](=O)[O-]. The van der Waals surface area contributed by atoms with Crippen LogP contribution in [0.15, 0.2) is 12.1 Å². The number of nitro groups is 1. The highest BCUT2D eigenvalue weighted by atomic mass is 16.6. The smallest absolute Gasteiger partial charge is 0.354 e. The van der Waals surface area contributed by atoms with Crippen LogP contribution in [0, 0.1) is 10.1 Å². The summed E-state index contributed by atoms with van der Waals surface area (Å²) in [5.41, 5.74) is -0.562. The fourth-order valence-corrected chi connectivity index (χ4v) is 1.55. The zero-order valence-electron chi connectivity index (χ0n) is 10.4. The Morgan fingerprint density at radius 3 is 2.74 bits per heavy atom. The Hall–Kier alpha value is -2.22. The van der Waals surface area contributed by atoms with E-state index in [9.17, 15) is 14.9 Å². The van der Waals surface area contributed by atoms with E-state index in [1.807, 2.05) is 6.92 Å². The number of pyridine rings is 1. The number of rotatable bonds is 7. The maximum Gasteiger partial charge on any atom is 0.354 e. The van der Waals surface area contributed by atoms with Crippen LogP contribution in [-0.4, -0.2) is 38.7 Å². The lowest BCUT2D eigenvalue weighted by Gasteiger charge is -2.16. The van der Waals surface area contributed by atoms with Crippen molar-refractivity contribution in [2.24, 2.45) is 0 Å². The van der Waals surface area contributed by atoms with Crippen LogP contribution in [0.25, 0.3) is 0 Å². The van der Waals surface area contributed by atoms with E-state index in [0.717, 1.165) is 12.1 Å². The first-order chi connectivity index (χ1) is 8.99. The molecule has 1 atom stereocenters. The summed E-state index contributed by atoms with van der Waals surface area (Å²) in [5, 5.41) is 31.4. The summed E-state index contributed by atoms with van der Waals surface area (Å²) in [5.74, 6) is -1.35. The molecule has 104 valence electrons. The van der Waals surface area contributed by atoms with Gasteiger partial charge in [0.2, 0.25) is 5.82 Å². The van der Waals surface area contributed by atoms with Gasteiger partial charge in [0, 0.05) is 18.7 Å². The van der Waals surface area contributed by atoms with Crippen LogP contribution in [-0.2, 0) is 0 Å². The van der Waals surface area contributed by atoms with Crippen LogP contribution in [0.1, 0.15) is 30.3 Å². The summed E-state index contributed by atoms with van der Waals surface area (Å²) in [7, 11) is 0. The van der Waals surface area contributed by atoms with E-state index >= 15 is 0 Å². The molecule has 1 heterocycles. The number of aliphatic hydroxyl groups excluding tert-OH is 1. The maximum absolute atomic E-state index is 10.9. The highest BCUT2D eigenvalue weighted by Crippen LogP contribution is 2.23. The van der Waals surface area contributed by atoms with Crippen LogP contribution in [0.4, 0.5) is 11.5 Å². The van der Waals surface area contributed by atoms with Gasteiger partial charge in [0.1, 0.15) is 0 Å². The Kier molecular flexibility index (Phi) is 5.19. The molecule has 0 aliphatic heterocycles. The minimum atomic E-state index is -1.26. The van der Waals surface area contributed by atoms with Gasteiger partial charge in [-0.05, 0) is 18.9 Å². The predicted octanol–water partition coefficient (Wildman–Crippen LogP) is 1.26. The second-order valence-corrected chi connectivity index (χ2v) is 3.89. The van der Waals surface area contributed by atoms with Crippen molar-refractivity contribution >= 4 is 17.5 Å². The van der Waals surface area contributed by atoms with Crippen LogP contribution in [0.3, 0.4) is 0 Å². The van der Waals surface area contributed by atoms with Gasteiger partial charge >= 0.3 is 11.7 Å². The summed E-state index contributed by atoms with van der Waals surface area (Å²) in [6.07, 6.45) is 1.02. The van der Waals surface area contributed by atoms with Gasteiger partial charge in [-0.25, -0.2) is 9.78 Å². The van der Waals surface area contributed by atoms with Crippen molar-refractivity contribution in [3.05, 3.63) is 27.9 Å². The van der Waals surface area contributed by atoms with Crippen molar-refractivity contribution in [3.63, 3.8) is 0 Å². The molecule has 0 saturated heterocycles. The third kappa shape index (κ3) is 3.88. The van der Waals surface area contributed by atoms with E-state index in [-0.39, 0.29) is 29.8 Å². The van der Waals surface area contributed by atoms with Crippen molar-refractivity contribution < 1.29 is 19.9 Å². The second kappa shape index (κ2) is 6.64. The van der Waals surface area contributed by atoms with Crippen molar-refractivity contribution in [3.8, 4) is 0 Å². The average Bonchev–Trinajstić information content (AvgIpc) is 2.37. The van der Waals surface area contributed by atoms with Crippen LogP contribution in [0.5, 0.6) is 0 Å². The molecule has 19 heavy (non-hydrogen) atoms. The van der Waals surface area contributed by atoms with Crippen molar-refractivity contribution in [1.29, 1.82) is 0 Å². The minimum Gasteiger partial charge on any atom is -0.477 e. The summed E-state index contributed by atoms with van der Waals surface area (Å²) in [4.78, 5) is 24.8. The lowest BCUT2D eigenvalue weighted by molar-refractivity contribution is -0.384. The lowest BCUT2D eigenvalue weighted by atomic mass is 10.1. The molecular formula is C11H15N3O5. The van der Waals surface area contributed by atoms with Gasteiger partial charge in [-0.2, -0.15) is 0 Å². The molecule has 0 fully saturated rings. The monoisotopic (exact) mass is 269 g/mol. The molecule has 3 N–H and O–H groups in total. The largest absolute Gasteiger partial charge is 0.477 e. The first kappa shape index (κ1) is 14.8. The number of carbonyl (C=O) groups is 1. The number of carboxylic acid groups (broad SMARTS) is 1. The minimum absolute atomic E-state index is 0.0715. The predicted molar refractivity (Wildman–Crippen MR) is 67.3 cm³/mol. The van der Waals surface area contributed by atoms with E-state index in [2.05, 4.69) is 10.3 Å². The molecule has 1 aromatic rings. The molecular weight excluding hydrogens is 254 g/mol. The molecule has 0 bridgehead atoms. The van der Waals surface area contributed by atoms with E-state index in [4.69, 9.17) is 10.2 Å². The van der Waals surface area contributed by atoms with Crippen LogP contribution < -0.4 is 5.32 Å². The molecule has 1 unspecified atom stereocenters. The lowest BCUT2D eigenvalue weighted by Crippen LogP contribution is -2.22. The number of carboxylic acids is 1. The standard InChI is InChI=1S/C11H15N3O5/c1-2-7(5-6-15)12-10-9(14(18)19)4-3-8(13-10)11(16)17/h3-4,7,15H,2,5-6H2,1H3,(H,12,13)(H,16,17). The van der Waals surface area contributed by atoms with Crippen molar-refractivity contribution in [2.45, 2.75) is 25.8 Å². The van der Waals surface area contributed by atoms with Crippen molar-refractivity contribution in [1.82, 2.24) is 4.98 Å². The van der Waals surface area contributed by atoms with Gasteiger partial charge in [-0.15, -0.1) is 0 Å². The van der Waals surface area contributed by atoms with Gasteiger partial charge < -0.3 is 15.5 Å².